The fraction of sp³-hybridized carbons (Fsp3) is 0.316. The molecule has 0 fully saturated rings. The molecule has 0 aliphatic rings. The lowest BCUT2D eigenvalue weighted by atomic mass is 10.1. The van der Waals surface area contributed by atoms with Crippen molar-refractivity contribution in [3.8, 4) is 5.75 Å². The molecule has 1 amide bonds. The smallest absolute Gasteiger partial charge is 0.223 e. The molecule has 0 aliphatic carbocycles. The van der Waals surface area contributed by atoms with E-state index >= 15 is 0 Å². The van der Waals surface area contributed by atoms with Crippen LogP contribution in [-0.2, 0) is 4.79 Å². The molecule has 0 N–H and O–H groups in total. The number of ether oxygens (including phenoxy) is 1. The lowest BCUT2D eigenvalue weighted by molar-refractivity contribution is -0.131. The zero-order valence-corrected chi connectivity index (χ0v) is 14.7. The number of hydrogen-bond donors (Lipinski definition) is 0. The Morgan fingerprint density at radius 2 is 1.78 bits per heavy atom. The highest BCUT2D eigenvalue weighted by molar-refractivity contribution is 7.99. The van der Waals surface area contributed by atoms with E-state index in [2.05, 4.69) is 12.1 Å². The minimum absolute atomic E-state index is 0.0135. The molecule has 0 aromatic heterocycles. The van der Waals surface area contributed by atoms with Crippen molar-refractivity contribution in [2.75, 3.05) is 19.9 Å². The summed E-state index contributed by atoms with van der Waals surface area (Å²) in [6.45, 7) is 2.03. The molecule has 0 radical (unpaired) electrons. The Kier molecular flexibility index (Phi) is 6.53. The standard InChI is InChI=1S/C19H23NO2S/c1-15(17-11-7-8-12-18(17)22-3)20(2)19(21)13-14-23-16-9-5-4-6-10-16/h4-12,15H,13-14H2,1-3H3. The lowest BCUT2D eigenvalue weighted by Crippen LogP contribution is -2.30. The monoisotopic (exact) mass is 329 g/mol. The van der Waals surface area contributed by atoms with Gasteiger partial charge in [-0.1, -0.05) is 36.4 Å². The molecule has 3 nitrogen and oxygen atoms in total. The number of carbonyl (C=O) groups is 1. The van der Waals surface area contributed by atoms with Crippen LogP contribution in [0.2, 0.25) is 0 Å². The molecule has 0 saturated heterocycles. The Hall–Kier alpha value is -1.94. The van der Waals surface area contributed by atoms with Gasteiger partial charge in [0, 0.05) is 29.7 Å². The number of carbonyl (C=O) groups excluding carboxylic acids is 1. The molecule has 0 spiro atoms. The molecule has 2 aromatic carbocycles. The Morgan fingerprint density at radius 1 is 1.13 bits per heavy atom. The maximum atomic E-state index is 12.4. The molecular weight excluding hydrogens is 306 g/mol. The quantitative estimate of drug-likeness (QED) is 0.705. The normalized spacial score (nSPS) is 11.8. The summed E-state index contributed by atoms with van der Waals surface area (Å²) in [5.41, 5.74) is 1.03. The van der Waals surface area contributed by atoms with Gasteiger partial charge in [0.25, 0.3) is 0 Å². The number of benzene rings is 2. The van der Waals surface area contributed by atoms with E-state index in [1.807, 2.05) is 56.4 Å². The van der Waals surface area contributed by atoms with Gasteiger partial charge in [0.15, 0.2) is 0 Å². The van der Waals surface area contributed by atoms with Crippen LogP contribution in [0, 0.1) is 0 Å². The van der Waals surface area contributed by atoms with Crippen LogP contribution < -0.4 is 4.74 Å². The second kappa shape index (κ2) is 8.63. The van der Waals surface area contributed by atoms with Crippen LogP contribution in [0.25, 0.3) is 0 Å². The minimum Gasteiger partial charge on any atom is -0.496 e. The van der Waals surface area contributed by atoms with E-state index in [0.29, 0.717) is 6.42 Å². The van der Waals surface area contributed by atoms with E-state index in [9.17, 15) is 4.79 Å². The van der Waals surface area contributed by atoms with Crippen LogP contribution in [0.1, 0.15) is 24.9 Å². The minimum atomic E-state index is -0.0135. The van der Waals surface area contributed by atoms with Crippen LogP contribution in [-0.4, -0.2) is 30.7 Å². The molecule has 0 heterocycles. The fourth-order valence-electron chi connectivity index (χ4n) is 2.39. The van der Waals surface area contributed by atoms with Gasteiger partial charge < -0.3 is 9.64 Å². The van der Waals surface area contributed by atoms with Crippen molar-refractivity contribution in [1.82, 2.24) is 4.90 Å². The summed E-state index contributed by atoms with van der Waals surface area (Å²) < 4.78 is 5.39. The first-order valence-corrected chi connectivity index (χ1v) is 8.68. The molecule has 23 heavy (non-hydrogen) atoms. The third-order valence-corrected chi connectivity index (χ3v) is 4.90. The highest BCUT2D eigenvalue weighted by Gasteiger charge is 2.19. The molecule has 0 bridgehead atoms. The third kappa shape index (κ3) is 4.76. The number of para-hydroxylation sites is 1. The van der Waals surface area contributed by atoms with Crippen LogP contribution in [0.5, 0.6) is 5.75 Å². The van der Waals surface area contributed by atoms with Gasteiger partial charge in [-0.3, -0.25) is 4.79 Å². The Morgan fingerprint density at radius 3 is 2.48 bits per heavy atom. The largest absolute Gasteiger partial charge is 0.496 e. The first-order valence-electron chi connectivity index (χ1n) is 7.70. The SMILES string of the molecule is COc1ccccc1C(C)N(C)C(=O)CCSc1ccccc1. The summed E-state index contributed by atoms with van der Waals surface area (Å²) in [5, 5.41) is 0. The number of nitrogens with zero attached hydrogens (tertiary/aromatic N) is 1. The van der Waals surface area contributed by atoms with E-state index in [4.69, 9.17) is 4.74 Å². The van der Waals surface area contributed by atoms with E-state index in [1.54, 1.807) is 23.8 Å². The summed E-state index contributed by atoms with van der Waals surface area (Å²) in [6, 6.07) is 18.0. The van der Waals surface area contributed by atoms with Crippen LogP contribution >= 0.6 is 11.8 Å². The molecule has 1 unspecified atom stereocenters. The van der Waals surface area contributed by atoms with E-state index < -0.39 is 0 Å². The summed E-state index contributed by atoms with van der Waals surface area (Å²) in [6.07, 6.45) is 0.523. The van der Waals surface area contributed by atoms with Gasteiger partial charge in [0.1, 0.15) is 5.75 Å². The highest BCUT2D eigenvalue weighted by atomic mass is 32.2. The topological polar surface area (TPSA) is 29.5 Å². The molecule has 2 rings (SSSR count). The second-order valence-electron chi connectivity index (χ2n) is 5.33. The fourth-order valence-corrected chi connectivity index (χ4v) is 3.25. The molecule has 4 heteroatoms. The predicted octanol–water partition coefficient (Wildman–Crippen LogP) is 4.40. The van der Waals surface area contributed by atoms with Crippen molar-refractivity contribution in [1.29, 1.82) is 0 Å². The molecule has 0 saturated carbocycles. The molecule has 0 aliphatic heterocycles. The number of thioether (sulfide) groups is 1. The van der Waals surface area contributed by atoms with Crippen LogP contribution in [0.3, 0.4) is 0 Å². The van der Waals surface area contributed by atoms with E-state index in [-0.39, 0.29) is 11.9 Å². The molecule has 1 atom stereocenters. The number of rotatable bonds is 7. The van der Waals surface area contributed by atoms with Crippen molar-refractivity contribution in [2.24, 2.45) is 0 Å². The van der Waals surface area contributed by atoms with Crippen molar-refractivity contribution in [2.45, 2.75) is 24.3 Å². The van der Waals surface area contributed by atoms with E-state index in [0.717, 1.165) is 17.1 Å². The van der Waals surface area contributed by atoms with Gasteiger partial charge in [0.05, 0.1) is 13.2 Å². The van der Waals surface area contributed by atoms with Crippen molar-refractivity contribution >= 4 is 17.7 Å². The number of amides is 1. The molecule has 122 valence electrons. The van der Waals surface area contributed by atoms with Crippen LogP contribution in [0.4, 0.5) is 0 Å². The zero-order chi connectivity index (χ0) is 16.7. The van der Waals surface area contributed by atoms with Gasteiger partial charge in [-0.05, 0) is 25.1 Å². The first-order chi connectivity index (χ1) is 11.1. The third-order valence-electron chi connectivity index (χ3n) is 3.89. The summed E-state index contributed by atoms with van der Waals surface area (Å²) in [7, 11) is 3.51. The second-order valence-corrected chi connectivity index (χ2v) is 6.50. The predicted molar refractivity (Wildman–Crippen MR) is 96.0 cm³/mol. The average Bonchev–Trinajstić information content (AvgIpc) is 2.61. The maximum Gasteiger partial charge on any atom is 0.223 e. The molecule has 2 aromatic rings. The van der Waals surface area contributed by atoms with Crippen LogP contribution in [0.15, 0.2) is 59.5 Å². The molecular formula is C19H23NO2S. The maximum absolute atomic E-state index is 12.4. The summed E-state index contributed by atoms with van der Waals surface area (Å²) in [5.74, 6) is 1.75. The number of methoxy groups -OCH3 is 1. The van der Waals surface area contributed by atoms with Gasteiger partial charge in [-0.2, -0.15) is 0 Å². The van der Waals surface area contributed by atoms with Crippen molar-refractivity contribution in [3.05, 3.63) is 60.2 Å². The summed E-state index contributed by atoms with van der Waals surface area (Å²) >= 11 is 1.71. The van der Waals surface area contributed by atoms with Crippen molar-refractivity contribution in [3.63, 3.8) is 0 Å². The van der Waals surface area contributed by atoms with E-state index in [1.165, 1.54) is 4.90 Å². The number of hydrogen-bond acceptors (Lipinski definition) is 3. The van der Waals surface area contributed by atoms with Gasteiger partial charge in [-0.25, -0.2) is 0 Å². The van der Waals surface area contributed by atoms with Gasteiger partial charge in [0.2, 0.25) is 5.91 Å². The van der Waals surface area contributed by atoms with Crippen molar-refractivity contribution < 1.29 is 9.53 Å². The van der Waals surface area contributed by atoms with Gasteiger partial charge >= 0.3 is 0 Å². The summed E-state index contributed by atoms with van der Waals surface area (Å²) in [4.78, 5) is 15.4. The van der Waals surface area contributed by atoms with Gasteiger partial charge in [-0.15, -0.1) is 11.8 Å². The average molecular weight is 329 g/mol. The Bertz CT molecular complexity index is 630. The Balaban J connectivity index is 1.91. The highest BCUT2D eigenvalue weighted by Crippen LogP contribution is 2.28. The Labute approximate surface area is 142 Å². The lowest BCUT2D eigenvalue weighted by Gasteiger charge is -2.26. The zero-order valence-electron chi connectivity index (χ0n) is 13.9. The first kappa shape index (κ1) is 17.4.